The maximum atomic E-state index is 5.92. The molecule has 1 aromatic rings. The molecule has 1 aliphatic rings. The van der Waals surface area contributed by atoms with Crippen LogP contribution in [-0.2, 0) is 4.74 Å². The zero-order chi connectivity index (χ0) is 11.6. The molecule has 0 bridgehead atoms. The number of hydrogen-bond donors (Lipinski definition) is 1. The number of rotatable bonds is 3. The molecule has 1 fully saturated rings. The molecular weight excluding hydrogens is 198 g/mol. The fourth-order valence-corrected chi connectivity index (χ4v) is 2.61. The predicted molar refractivity (Wildman–Crippen MR) is 66.6 cm³/mol. The first-order valence-corrected chi connectivity index (χ1v) is 6.03. The fourth-order valence-electron chi connectivity index (χ4n) is 2.61. The van der Waals surface area contributed by atoms with Crippen LogP contribution in [0.15, 0.2) is 24.3 Å². The van der Waals surface area contributed by atoms with Crippen molar-refractivity contribution in [2.24, 2.45) is 0 Å². The van der Waals surface area contributed by atoms with Crippen LogP contribution in [0.4, 0.5) is 0 Å². The number of likely N-dealkylation sites (N-methyl/N-ethyl adjacent to an activating group) is 1. The van der Waals surface area contributed by atoms with E-state index in [0.717, 1.165) is 13.0 Å². The summed E-state index contributed by atoms with van der Waals surface area (Å²) >= 11 is 0. The van der Waals surface area contributed by atoms with Gasteiger partial charge in [-0.1, -0.05) is 29.8 Å². The normalized spacial score (nSPS) is 26.9. The lowest BCUT2D eigenvalue weighted by atomic mass is 9.87. The van der Waals surface area contributed by atoms with Crippen molar-refractivity contribution >= 4 is 0 Å². The summed E-state index contributed by atoms with van der Waals surface area (Å²) in [4.78, 5) is 0. The Balaban J connectivity index is 2.25. The van der Waals surface area contributed by atoms with Gasteiger partial charge >= 0.3 is 0 Å². The molecule has 0 saturated carbocycles. The quantitative estimate of drug-likeness (QED) is 0.844. The maximum Gasteiger partial charge on any atom is 0.0849 e. The third-order valence-electron chi connectivity index (χ3n) is 3.56. The first kappa shape index (κ1) is 11.6. The SMILES string of the molecule is CNC(c1ccc(C)cc1)C1(C)CCCO1. The van der Waals surface area contributed by atoms with Crippen LogP contribution in [0.1, 0.15) is 36.9 Å². The standard InChI is InChI=1S/C14H21NO/c1-11-5-7-12(8-6-11)13(15-3)14(2)9-4-10-16-14/h5-8,13,15H,4,9-10H2,1-3H3. The second kappa shape index (κ2) is 4.56. The van der Waals surface area contributed by atoms with Crippen LogP contribution >= 0.6 is 0 Å². The Labute approximate surface area is 98.0 Å². The minimum atomic E-state index is -0.0516. The van der Waals surface area contributed by atoms with Crippen molar-refractivity contribution in [2.75, 3.05) is 13.7 Å². The Bertz CT molecular complexity index is 338. The van der Waals surface area contributed by atoms with Gasteiger partial charge in [0.05, 0.1) is 11.6 Å². The van der Waals surface area contributed by atoms with Crippen LogP contribution in [0.5, 0.6) is 0 Å². The van der Waals surface area contributed by atoms with Crippen LogP contribution in [0.2, 0.25) is 0 Å². The second-order valence-corrected chi connectivity index (χ2v) is 4.90. The van der Waals surface area contributed by atoms with Crippen molar-refractivity contribution in [1.29, 1.82) is 0 Å². The summed E-state index contributed by atoms with van der Waals surface area (Å²) in [7, 11) is 2.01. The Morgan fingerprint density at radius 3 is 2.50 bits per heavy atom. The summed E-state index contributed by atoms with van der Waals surface area (Å²) in [6.07, 6.45) is 2.30. The van der Waals surface area contributed by atoms with E-state index in [-0.39, 0.29) is 11.6 Å². The molecule has 1 saturated heterocycles. The average Bonchev–Trinajstić information content (AvgIpc) is 2.70. The van der Waals surface area contributed by atoms with Gasteiger partial charge in [0.1, 0.15) is 0 Å². The van der Waals surface area contributed by atoms with Crippen LogP contribution in [0.25, 0.3) is 0 Å². The first-order valence-electron chi connectivity index (χ1n) is 6.03. The van der Waals surface area contributed by atoms with E-state index in [4.69, 9.17) is 4.74 Å². The monoisotopic (exact) mass is 219 g/mol. The summed E-state index contributed by atoms with van der Waals surface area (Å²) in [6, 6.07) is 9.01. The van der Waals surface area contributed by atoms with Crippen LogP contribution < -0.4 is 5.32 Å². The van der Waals surface area contributed by atoms with Gasteiger partial charge in [-0.2, -0.15) is 0 Å². The highest BCUT2D eigenvalue weighted by molar-refractivity contribution is 5.26. The number of aryl methyl sites for hydroxylation is 1. The van der Waals surface area contributed by atoms with E-state index in [0.29, 0.717) is 0 Å². The Kier molecular flexibility index (Phi) is 3.31. The first-order chi connectivity index (χ1) is 7.65. The molecule has 88 valence electrons. The van der Waals surface area contributed by atoms with Crippen LogP contribution in [0, 0.1) is 6.92 Å². The Morgan fingerprint density at radius 1 is 1.31 bits per heavy atom. The molecule has 1 N–H and O–H groups in total. The molecule has 0 aliphatic carbocycles. The topological polar surface area (TPSA) is 21.3 Å². The minimum Gasteiger partial charge on any atom is -0.373 e. The molecule has 2 nitrogen and oxygen atoms in total. The van der Waals surface area contributed by atoms with Crippen molar-refractivity contribution in [3.63, 3.8) is 0 Å². The van der Waals surface area contributed by atoms with E-state index in [2.05, 4.69) is 43.4 Å². The van der Waals surface area contributed by atoms with Crippen molar-refractivity contribution in [3.05, 3.63) is 35.4 Å². The summed E-state index contributed by atoms with van der Waals surface area (Å²) in [6.45, 7) is 5.22. The van der Waals surface area contributed by atoms with E-state index in [1.807, 2.05) is 7.05 Å². The number of ether oxygens (including phenoxy) is 1. The molecule has 1 aliphatic heterocycles. The summed E-state index contributed by atoms with van der Waals surface area (Å²) in [5.41, 5.74) is 2.57. The zero-order valence-electron chi connectivity index (χ0n) is 10.4. The molecule has 2 rings (SSSR count). The highest BCUT2D eigenvalue weighted by atomic mass is 16.5. The van der Waals surface area contributed by atoms with E-state index in [1.54, 1.807) is 0 Å². The lowest BCUT2D eigenvalue weighted by molar-refractivity contribution is -0.0104. The van der Waals surface area contributed by atoms with Gasteiger partial charge in [0, 0.05) is 6.61 Å². The lowest BCUT2D eigenvalue weighted by Crippen LogP contribution is -2.39. The van der Waals surface area contributed by atoms with Gasteiger partial charge in [-0.05, 0) is 39.3 Å². The lowest BCUT2D eigenvalue weighted by Gasteiger charge is -2.33. The minimum absolute atomic E-state index is 0.0516. The van der Waals surface area contributed by atoms with E-state index >= 15 is 0 Å². The molecule has 0 amide bonds. The summed E-state index contributed by atoms with van der Waals surface area (Å²) in [5.74, 6) is 0. The Hall–Kier alpha value is -0.860. The summed E-state index contributed by atoms with van der Waals surface area (Å²) in [5, 5.41) is 3.40. The third-order valence-corrected chi connectivity index (χ3v) is 3.56. The van der Waals surface area contributed by atoms with Crippen molar-refractivity contribution < 1.29 is 4.74 Å². The van der Waals surface area contributed by atoms with E-state index in [1.165, 1.54) is 17.5 Å². The zero-order valence-corrected chi connectivity index (χ0v) is 10.4. The molecule has 0 aromatic heterocycles. The molecule has 1 aromatic carbocycles. The van der Waals surface area contributed by atoms with Gasteiger partial charge in [-0.3, -0.25) is 0 Å². The van der Waals surface area contributed by atoms with Crippen LogP contribution in [-0.4, -0.2) is 19.3 Å². The molecule has 16 heavy (non-hydrogen) atoms. The highest BCUT2D eigenvalue weighted by Gasteiger charge is 2.38. The number of hydrogen-bond acceptors (Lipinski definition) is 2. The van der Waals surface area contributed by atoms with Gasteiger partial charge < -0.3 is 10.1 Å². The van der Waals surface area contributed by atoms with Crippen molar-refractivity contribution in [2.45, 2.75) is 38.3 Å². The average molecular weight is 219 g/mol. The van der Waals surface area contributed by atoms with Crippen molar-refractivity contribution in [1.82, 2.24) is 5.32 Å². The van der Waals surface area contributed by atoms with Gasteiger partial charge in [0.15, 0.2) is 0 Å². The van der Waals surface area contributed by atoms with Gasteiger partial charge in [-0.15, -0.1) is 0 Å². The Morgan fingerprint density at radius 2 is 2.00 bits per heavy atom. The third kappa shape index (κ3) is 2.13. The van der Waals surface area contributed by atoms with E-state index < -0.39 is 0 Å². The predicted octanol–water partition coefficient (Wildman–Crippen LogP) is 2.82. The fraction of sp³-hybridized carbons (Fsp3) is 0.571. The second-order valence-electron chi connectivity index (χ2n) is 4.90. The van der Waals surface area contributed by atoms with Gasteiger partial charge in [0.2, 0.25) is 0 Å². The molecule has 2 unspecified atom stereocenters. The molecule has 0 spiro atoms. The largest absolute Gasteiger partial charge is 0.373 e. The van der Waals surface area contributed by atoms with Crippen LogP contribution in [0.3, 0.4) is 0 Å². The van der Waals surface area contributed by atoms with Crippen molar-refractivity contribution in [3.8, 4) is 0 Å². The molecule has 2 heteroatoms. The molecular formula is C14H21NO. The maximum absolute atomic E-state index is 5.92. The number of nitrogens with one attached hydrogen (secondary N) is 1. The highest BCUT2D eigenvalue weighted by Crippen LogP contribution is 2.37. The number of benzene rings is 1. The smallest absolute Gasteiger partial charge is 0.0849 e. The summed E-state index contributed by atoms with van der Waals surface area (Å²) < 4.78 is 5.92. The van der Waals surface area contributed by atoms with Gasteiger partial charge in [-0.25, -0.2) is 0 Å². The van der Waals surface area contributed by atoms with Gasteiger partial charge in [0.25, 0.3) is 0 Å². The molecule has 1 heterocycles. The molecule has 0 radical (unpaired) electrons. The van der Waals surface area contributed by atoms with E-state index in [9.17, 15) is 0 Å². The molecule has 2 atom stereocenters.